The molecule has 0 spiro atoms. The fourth-order valence-electron chi connectivity index (χ4n) is 3.41. The first-order valence-corrected chi connectivity index (χ1v) is 10.3. The molecule has 0 saturated heterocycles. The SMILES string of the molecule is O=C(O)CCCC(CC(O)O)(C(=O)OC(=O)c1ccc([N+](=O)[O-])cc1)C(=O)c1ccc([N+](=O)[O-])cc1. The van der Waals surface area contributed by atoms with Crippen molar-refractivity contribution in [3.8, 4) is 0 Å². The van der Waals surface area contributed by atoms with Gasteiger partial charge in [0.25, 0.3) is 11.4 Å². The van der Waals surface area contributed by atoms with Crippen molar-refractivity contribution >= 4 is 35.1 Å². The molecule has 2 rings (SSSR count). The van der Waals surface area contributed by atoms with Gasteiger partial charge in [0, 0.05) is 42.7 Å². The summed E-state index contributed by atoms with van der Waals surface area (Å²) in [5.74, 6) is -5.18. The van der Waals surface area contributed by atoms with Gasteiger partial charge < -0.3 is 20.1 Å². The molecule has 1 unspecified atom stereocenters. The molecule has 3 N–H and O–H groups in total. The number of hydrogen-bond acceptors (Lipinski definition) is 11. The standard InChI is InChI=1S/C22H20N2O12/c25-17(26)2-1-11-22(12-18(27)28,19(29)13-3-7-15(8-4-13)23(32)33)21(31)36-20(30)14-5-9-16(10-6-14)24(34)35/h3-10,18,27-28H,1-2,11-12H2,(H,25,26). The smallest absolute Gasteiger partial charge is 0.345 e. The lowest BCUT2D eigenvalue weighted by atomic mass is 9.73. The van der Waals surface area contributed by atoms with Crippen LogP contribution >= 0.6 is 0 Å². The Balaban J connectivity index is 2.46. The number of nitrogens with zero attached hydrogens (tertiary/aromatic N) is 2. The van der Waals surface area contributed by atoms with Crippen molar-refractivity contribution in [3.63, 3.8) is 0 Å². The van der Waals surface area contributed by atoms with Gasteiger partial charge in [-0.05, 0) is 37.1 Å². The van der Waals surface area contributed by atoms with E-state index < -0.39 is 64.5 Å². The minimum atomic E-state index is -2.45. The first-order chi connectivity index (χ1) is 16.9. The molecular formula is C22H20N2O12. The number of carboxylic acid groups (broad SMARTS) is 1. The van der Waals surface area contributed by atoms with Crippen molar-refractivity contribution in [3.05, 3.63) is 79.9 Å². The second-order valence-corrected chi connectivity index (χ2v) is 7.63. The summed E-state index contributed by atoms with van der Waals surface area (Å²) in [6, 6.07) is 7.91. The van der Waals surface area contributed by atoms with Gasteiger partial charge in [-0.15, -0.1) is 0 Å². The molecule has 0 radical (unpaired) electrons. The normalized spacial score (nSPS) is 12.4. The number of nitro benzene ring substituents is 2. The number of carboxylic acids is 1. The van der Waals surface area contributed by atoms with Crippen LogP contribution in [0.5, 0.6) is 0 Å². The molecule has 0 aromatic heterocycles. The van der Waals surface area contributed by atoms with Crippen LogP contribution in [-0.4, -0.2) is 55.1 Å². The number of Topliss-reactive ketones (excluding diaryl/α,β-unsaturated/α-hetero) is 1. The zero-order chi connectivity index (χ0) is 27.0. The molecule has 36 heavy (non-hydrogen) atoms. The van der Waals surface area contributed by atoms with Crippen LogP contribution in [-0.2, 0) is 14.3 Å². The molecule has 0 aliphatic heterocycles. The highest BCUT2D eigenvalue weighted by atomic mass is 16.6. The number of hydrogen-bond donors (Lipinski definition) is 3. The molecule has 0 bridgehead atoms. The average molecular weight is 504 g/mol. The maximum absolute atomic E-state index is 13.4. The van der Waals surface area contributed by atoms with Crippen molar-refractivity contribution in [2.75, 3.05) is 0 Å². The Morgan fingerprint density at radius 3 is 1.75 bits per heavy atom. The van der Waals surface area contributed by atoms with Gasteiger partial charge in [0.15, 0.2) is 12.1 Å². The average Bonchev–Trinajstić information content (AvgIpc) is 2.82. The van der Waals surface area contributed by atoms with Crippen molar-refractivity contribution in [1.82, 2.24) is 0 Å². The third-order valence-electron chi connectivity index (χ3n) is 5.19. The zero-order valence-electron chi connectivity index (χ0n) is 18.4. The van der Waals surface area contributed by atoms with Crippen LogP contribution < -0.4 is 0 Å². The highest BCUT2D eigenvalue weighted by Crippen LogP contribution is 2.37. The summed E-state index contributed by atoms with van der Waals surface area (Å²) in [5.41, 5.74) is -3.73. The Morgan fingerprint density at radius 1 is 0.861 bits per heavy atom. The zero-order valence-corrected chi connectivity index (χ0v) is 18.4. The van der Waals surface area contributed by atoms with E-state index in [-0.39, 0.29) is 28.9 Å². The summed E-state index contributed by atoms with van der Waals surface area (Å²) in [5, 5.41) is 49.9. The number of non-ortho nitro benzene ring substituents is 2. The van der Waals surface area contributed by atoms with E-state index in [1.165, 1.54) is 0 Å². The molecule has 2 aromatic carbocycles. The lowest BCUT2D eigenvalue weighted by Gasteiger charge is -2.30. The number of aliphatic carboxylic acids is 1. The monoisotopic (exact) mass is 504 g/mol. The highest BCUT2D eigenvalue weighted by Gasteiger charge is 2.49. The van der Waals surface area contributed by atoms with Crippen LogP contribution in [0.15, 0.2) is 48.5 Å². The molecule has 2 aromatic rings. The van der Waals surface area contributed by atoms with Crippen molar-refractivity contribution < 1.29 is 49.1 Å². The van der Waals surface area contributed by atoms with Crippen LogP contribution in [0.25, 0.3) is 0 Å². The Hall–Kier alpha value is -4.56. The molecule has 14 nitrogen and oxygen atoms in total. The Kier molecular flexibility index (Phi) is 9.01. The van der Waals surface area contributed by atoms with Crippen LogP contribution in [0.4, 0.5) is 11.4 Å². The topological polar surface area (TPSA) is 224 Å². The number of nitro groups is 2. The Morgan fingerprint density at radius 2 is 1.33 bits per heavy atom. The van der Waals surface area contributed by atoms with Gasteiger partial charge >= 0.3 is 17.9 Å². The third kappa shape index (κ3) is 6.74. The predicted molar refractivity (Wildman–Crippen MR) is 118 cm³/mol. The minimum absolute atomic E-state index is 0.267. The first kappa shape index (κ1) is 27.7. The maximum atomic E-state index is 13.4. The summed E-state index contributed by atoms with van der Waals surface area (Å²) in [4.78, 5) is 70.3. The summed E-state index contributed by atoms with van der Waals surface area (Å²) < 4.78 is 4.82. The quantitative estimate of drug-likeness (QED) is 0.0942. The van der Waals surface area contributed by atoms with E-state index in [2.05, 4.69) is 0 Å². The number of aliphatic hydroxyl groups excluding tert-OH is 1. The molecule has 14 heteroatoms. The number of aliphatic hydroxyl groups is 2. The molecule has 190 valence electrons. The minimum Gasteiger partial charge on any atom is -0.481 e. The highest BCUT2D eigenvalue weighted by molar-refractivity contribution is 6.15. The van der Waals surface area contributed by atoms with Crippen LogP contribution in [0.2, 0.25) is 0 Å². The van der Waals surface area contributed by atoms with Crippen LogP contribution in [0, 0.1) is 25.6 Å². The second-order valence-electron chi connectivity index (χ2n) is 7.63. The maximum Gasteiger partial charge on any atom is 0.345 e. The predicted octanol–water partition coefficient (Wildman–Crippen LogP) is 2.01. The van der Waals surface area contributed by atoms with Crippen molar-refractivity contribution in [1.29, 1.82) is 0 Å². The second kappa shape index (κ2) is 11.7. The molecular weight excluding hydrogens is 484 g/mol. The molecule has 0 heterocycles. The number of carbonyl (C=O) groups is 4. The van der Waals surface area contributed by atoms with E-state index in [9.17, 15) is 49.6 Å². The largest absolute Gasteiger partial charge is 0.481 e. The number of rotatable bonds is 12. The first-order valence-electron chi connectivity index (χ1n) is 10.3. The van der Waals surface area contributed by atoms with Crippen molar-refractivity contribution in [2.24, 2.45) is 5.41 Å². The lowest BCUT2D eigenvalue weighted by molar-refractivity contribution is -0.385. The molecule has 0 aliphatic rings. The fourth-order valence-corrected chi connectivity index (χ4v) is 3.41. The number of benzene rings is 2. The van der Waals surface area contributed by atoms with Gasteiger partial charge in [0.2, 0.25) is 0 Å². The van der Waals surface area contributed by atoms with Gasteiger partial charge in [-0.1, -0.05) is 0 Å². The van der Waals surface area contributed by atoms with Gasteiger partial charge in [-0.3, -0.25) is 34.6 Å². The molecule has 0 amide bonds. The molecule has 1 atom stereocenters. The van der Waals surface area contributed by atoms with E-state index in [0.29, 0.717) is 0 Å². The Bertz CT molecular complexity index is 1170. The van der Waals surface area contributed by atoms with Crippen molar-refractivity contribution in [2.45, 2.75) is 32.0 Å². The van der Waals surface area contributed by atoms with E-state index in [4.69, 9.17) is 9.84 Å². The molecule has 0 saturated carbocycles. The van der Waals surface area contributed by atoms with E-state index in [1.807, 2.05) is 0 Å². The number of ketones is 1. The van der Waals surface area contributed by atoms with Crippen LogP contribution in [0.1, 0.15) is 46.4 Å². The Labute approximate surface area is 202 Å². The fraction of sp³-hybridized carbons (Fsp3) is 0.273. The van der Waals surface area contributed by atoms with Gasteiger partial charge in [0.05, 0.1) is 15.4 Å². The lowest BCUT2D eigenvalue weighted by Crippen LogP contribution is -2.44. The van der Waals surface area contributed by atoms with Gasteiger partial charge in [-0.25, -0.2) is 4.79 Å². The van der Waals surface area contributed by atoms with E-state index >= 15 is 0 Å². The molecule has 0 fully saturated rings. The van der Waals surface area contributed by atoms with E-state index in [1.54, 1.807) is 0 Å². The van der Waals surface area contributed by atoms with Gasteiger partial charge in [0.1, 0.15) is 5.41 Å². The summed E-state index contributed by atoms with van der Waals surface area (Å²) >= 11 is 0. The number of esters is 2. The van der Waals surface area contributed by atoms with Crippen LogP contribution in [0.3, 0.4) is 0 Å². The summed E-state index contributed by atoms with van der Waals surface area (Å²) in [6.07, 6.45) is -4.63. The summed E-state index contributed by atoms with van der Waals surface area (Å²) in [7, 11) is 0. The number of carbonyl (C=O) groups excluding carboxylic acids is 3. The van der Waals surface area contributed by atoms with Gasteiger partial charge in [-0.2, -0.15) is 0 Å². The summed E-state index contributed by atoms with van der Waals surface area (Å²) in [6.45, 7) is 0. The molecule has 0 aliphatic carbocycles. The third-order valence-corrected chi connectivity index (χ3v) is 5.19. The van der Waals surface area contributed by atoms with E-state index in [0.717, 1.165) is 48.5 Å². The number of ether oxygens (including phenoxy) is 1.